The van der Waals surface area contributed by atoms with E-state index in [1.807, 2.05) is 24.3 Å². The Balaban J connectivity index is 1.75. The number of rotatable bonds is 4. The number of nitrogen functional groups attached to an aromatic ring is 1. The van der Waals surface area contributed by atoms with Crippen LogP contribution in [0.4, 0.5) is 5.69 Å². The van der Waals surface area contributed by atoms with E-state index in [2.05, 4.69) is 17.3 Å². The zero-order valence-electron chi connectivity index (χ0n) is 11.6. The minimum absolute atomic E-state index is 0.0822. The smallest absolute Gasteiger partial charge is 0.224 e. The van der Waals surface area contributed by atoms with E-state index in [9.17, 15) is 4.79 Å². The third kappa shape index (κ3) is 4.56. The van der Waals surface area contributed by atoms with Crippen LogP contribution in [0, 0.1) is 5.92 Å². The zero-order valence-corrected chi connectivity index (χ0v) is 11.6. The van der Waals surface area contributed by atoms with E-state index in [1.165, 1.54) is 19.4 Å². The van der Waals surface area contributed by atoms with Gasteiger partial charge in [0.05, 0.1) is 6.42 Å². The first-order valence-corrected chi connectivity index (χ1v) is 6.93. The molecule has 3 N–H and O–H groups in total. The standard InChI is InChI=1S/C15H23N3O/c1-18-7-3-5-13(11-18)10-17-15(19)9-12-4-2-6-14(16)8-12/h2,4,6,8,13H,3,5,7,9-11,16H2,1H3,(H,17,19). The van der Waals surface area contributed by atoms with Crippen molar-refractivity contribution in [3.63, 3.8) is 0 Å². The molecular formula is C15H23N3O. The maximum Gasteiger partial charge on any atom is 0.224 e. The monoisotopic (exact) mass is 261 g/mol. The van der Waals surface area contributed by atoms with Crippen molar-refractivity contribution in [2.45, 2.75) is 19.3 Å². The van der Waals surface area contributed by atoms with Gasteiger partial charge in [-0.15, -0.1) is 0 Å². The molecule has 1 atom stereocenters. The van der Waals surface area contributed by atoms with Gasteiger partial charge in [0, 0.05) is 18.8 Å². The van der Waals surface area contributed by atoms with Gasteiger partial charge in [-0.25, -0.2) is 0 Å². The Bertz CT molecular complexity index is 433. The first-order valence-electron chi connectivity index (χ1n) is 6.93. The van der Waals surface area contributed by atoms with Crippen LogP contribution in [0.25, 0.3) is 0 Å². The predicted octanol–water partition coefficient (Wildman–Crippen LogP) is 1.27. The van der Waals surface area contributed by atoms with Crippen molar-refractivity contribution in [2.24, 2.45) is 5.92 Å². The molecular weight excluding hydrogens is 238 g/mol. The minimum Gasteiger partial charge on any atom is -0.399 e. The van der Waals surface area contributed by atoms with Gasteiger partial charge in [-0.05, 0) is 50.0 Å². The summed E-state index contributed by atoms with van der Waals surface area (Å²) in [6.07, 6.45) is 2.85. The van der Waals surface area contributed by atoms with E-state index in [0.29, 0.717) is 18.0 Å². The second kappa shape index (κ2) is 6.57. The van der Waals surface area contributed by atoms with E-state index in [4.69, 9.17) is 5.73 Å². The highest BCUT2D eigenvalue weighted by molar-refractivity contribution is 5.78. The third-order valence-corrected chi connectivity index (χ3v) is 3.63. The van der Waals surface area contributed by atoms with Crippen molar-refractivity contribution in [2.75, 3.05) is 32.4 Å². The lowest BCUT2D eigenvalue weighted by Gasteiger charge is -2.29. The summed E-state index contributed by atoms with van der Waals surface area (Å²) in [7, 11) is 2.14. The summed E-state index contributed by atoms with van der Waals surface area (Å²) in [5, 5.41) is 3.03. The summed E-state index contributed by atoms with van der Waals surface area (Å²) < 4.78 is 0. The van der Waals surface area contributed by atoms with E-state index >= 15 is 0 Å². The Morgan fingerprint density at radius 2 is 2.37 bits per heavy atom. The lowest BCUT2D eigenvalue weighted by molar-refractivity contribution is -0.120. The topological polar surface area (TPSA) is 58.4 Å². The van der Waals surface area contributed by atoms with Crippen LogP contribution in [-0.2, 0) is 11.2 Å². The average molecular weight is 261 g/mol. The van der Waals surface area contributed by atoms with E-state index in [1.54, 1.807) is 0 Å². The molecule has 4 heteroatoms. The molecule has 0 saturated carbocycles. The Labute approximate surface area is 115 Å². The van der Waals surface area contributed by atoms with Crippen LogP contribution in [0.1, 0.15) is 18.4 Å². The lowest BCUT2D eigenvalue weighted by atomic mass is 9.98. The Morgan fingerprint density at radius 1 is 1.53 bits per heavy atom. The summed E-state index contributed by atoms with van der Waals surface area (Å²) >= 11 is 0. The van der Waals surface area contributed by atoms with Gasteiger partial charge in [0.15, 0.2) is 0 Å². The molecule has 1 saturated heterocycles. The number of nitrogens with two attached hydrogens (primary N) is 1. The van der Waals surface area contributed by atoms with Crippen LogP contribution in [0.2, 0.25) is 0 Å². The molecule has 0 radical (unpaired) electrons. The highest BCUT2D eigenvalue weighted by Crippen LogP contribution is 2.14. The van der Waals surface area contributed by atoms with Crippen LogP contribution in [0.15, 0.2) is 24.3 Å². The van der Waals surface area contributed by atoms with Crippen molar-refractivity contribution < 1.29 is 4.79 Å². The second-order valence-electron chi connectivity index (χ2n) is 5.50. The van der Waals surface area contributed by atoms with Crippen LogP contribution >= 0.6 is 0 Å². The Morgan fingerprint density at radius 3 is 3.11 bits per heavy atom. The van der Waals surface area contributed by atoms with Crippen molar-refractivity contribution in [1.29, 1.82) is 0 Å². The normalized spacial score (nSPS) is 20.2. The van der Waals surface area contributed by atoms with Crippen molar-refractivity contribution >= 4 is 11.6 Å². The number of hydrogen-bond donors (Lipinski definition) is 2. The first-order chi connectivity index (χ1) is 9.13. The summed E-state index contributed by atoms with van der Waals surface area (Å²) in [5.74, 6) is 0.669. The summed E-state index contributed by atoms with van der Waals surface area (Å²) in [6.45, 7) is 3.04. The molecule has 1 aliphatic rings. The van der Waals surface area contributed by atoms with Gasteiger partial charge in [-0.2, -0.15) is 0 Å². The molecule has 0 aromatic heterocycles. The molecule has 19 heavy (non-hydrogen) atoms. The van der Waals surface area contributed by atoms with Crippen molar-refractivity contribution in [1.82, 2.24) is 10.2 Å². The second-order valence-corrected chi connectivity index (χ2v) is 5.50. The number of benzene rings is 1. The molecule has 1 fully saturated rings. The van der Waals surface area contributed by atoms with Crippen LogP contribution < -0.4 is 11.1 Å². The summed E-state index contributed by atoms with van der Waals surface area (Å²) in [4.78, 5) is 14.2. The fraction of sp³-hybridized carbons (Fsp3) is 0.533. The van der Waals surface area contributed by atoms with Crippen molar-refractivity contribution in [3.05, 3.63) is 29.8 Å². The fourth-order valence-electron chi connectivity index (χ4n) is 2.65. The number of carbonyl (C=O) groups excluding carboxylic acids is 1. The molecule has 1 aromatic rings. The number of nitrogens with one attached hydrogen (secondary N) is 1. The third-order valence-electron chi connectivity index (χ3n) is 3.63. The highest BCUT2D eigenvalue weighted by atomic mass is 16.1. The predicted molar refractivity (Wildman–Crippen MR) is 77.8 cm³/mol. The SMILES string of the molecule is CN1CCCC(CNC(=O)Cc2cccc(N)c2)C1. The zero-order chi connectivity index (χ0) is 13.7. The number of hydrogen-bond acceptors (Lipinski definition) is 3. The number of carbonyl (C=O) groups is 1. The largest absolute Gasteiger partial charge is 0.399 e. The number of anilines is 1. The van der Waals surface area contributed by atoms with Gasteiger partial charge in [0.2, 0.25) is 5.91 Å². The Hall–Kier alpha value is -1.55. The maximum absolute atomic E-state index is 11.9. The number of piperidine rings is 1. The molecule has 0 spiro atoms. The molecule has 0 bridgehead atoms. The number of amides is 1. The summed E-state index contributed by atoms with van der Waals surface area (Å²) in [6, 6.07) is 7.51. The van der Waals surface area contributed by atoms with E-state index < -0.39 is 0 Å². The Kier molecular flexibility index (Phi) is 4.80. The van der Waals surface area contributed by atoms with Gasteiger partial charge >= 0.3 is 0 Å². The lowest BCUT2D eigenvalue weighted by Crippen LogP contribution is -2.39. The van der Waals surface area contributed by atoms with Crippen molar-refractivity contribution in [3.8, 4) is 0 Å². The van der Waals surface area contributed by atoms with E-state index in [0.717, 1.165) is 18.7 Å². The molecule has 1 amide bonds. The van der Waals surface area contributed by atoms with Gasteiger partial charge < -0.3 is 16.0 Å². The first kappa shape index (κ1) is 13.9. The van der Waals surface area contributed by atoms with Gasteiger partial charge in [0.25, 0.3) is 0 Å². The average Bonchev–Trinajstić information content (AvgIpc) is 2.36. The molecule has 1 unspecified atom stereocenters. The van der Waals surface area contributed by atoms with Gasteiger partial charge in [-0.1, -0.05) is 12.1 Å². The van der Waals surface area contributed by atoms with Gasteiger partial charge in [-0.3, -0.25) is 4.79 Å². The minimum atomic E-state index is 0.0822. The quantitative estimate of drug-likeness (QED) is 0.803. The van der Waals surface area contributed by atoms with Crippen LogP contribution in [0.3, 0.4) is 0 Å². The number of likely N-dealkylation sites (tertiary alicyclic amines) is 1. The van der Waals surface area contributed by atoms with E-state index in [-0.39, 0.29) is 5.91 Å². The molecule has 104 valence electrons. The highest BCUT2D eigenvalue weighted by Gasteiger charge is 2.17. The van der Waals surface area contributed by atoms with Crippen LogP contribution in [0.5, 0.6) is 0 Å². The summed E-state index contributed by atoms with van der Waals surface area (Å²) in [5.41, 5.74) is 7.38. The molecule has 1 aromatic carbocycles. The fourth-order valence-corrected chi connectivity index (χ4v) is 2.65. The molecule has 1 heterocycles. The maximum atomic E-state index is 11.9. The molecule has 1 aliphatic heterocycles. The molecule has 2 rings (SSSR count). The van der Waals surface area contributed by atoms with Gasteiger partial charge in [0.1, 0.15) is 0 Å². The van der Waals surface area contributed by atoms with Crippen LogP contribution in [-0.4, -0.2) is 37.5 Å². The number of nitrogens with zero attached hydrogens (tertiary/aromatic N) is 1. The molecule has 4 nitrogen and oxygen atoms in total. The molecule has 0 aliphatic carbocycles.